The Hall–Kier alpha value is -2.38. The first kappa shape index (κ1) is 17.7. The molecule has 1 aromatic carbocycles. The van der Waals surface area contributed by atoms with Gasteiger partial charge >= 0.3 is 0 Å². The fourth-order valence-electron chi connectivity index (χ4n) is 3.75. The molecule has 1 amide bonds. The number of carbonyl (C=O) groups excluding carboxylic acids is 1. The SMILES string of the molecule is O=C(Nc1cccc(CN2CCSCC2)c1)c1ncnc2c1ccn2C1CC1. The lowest BCUT2D eigenvalue weighted by Gasteiger charge is -2.26. The zero-order valence-electron chi connectivity index (χ0n) is 15.7. The van der Waals surface area contributed by atoms with Crippen molar-refractivity contribution in [1.82, 2.24) is 19.4 Å². The number of thioether (sulfide) groups is 1. The minimum Gasteiger partial charge on any atom is -0.329 e. The predicted octanol–water partition coefficient (Wildman–Crippen LogP) is 3.57. The van der Waals surface area contributed by atoms with Gasteiger partial charge in [-0.25, -0.2) is 9.97 Å². The number of benzene rings is 1. The monoisotopic (exact) mass is 393 g/mol. The average molecular weight is 394 g/mol. The first-order chi connectivity index (χ1) is 13.8. The maximum Gasteiger partial charge on any atom is 0.275 e. The Morgan fingerprint density at radius 2 is 2.04 bits per heavy atom. The lowest BCUT2D eigenvalue weighted by atomic mass is 10.1. The van der Waals surface area contributed by atoms with Crippen molar-refractivity contribution in [3.63, 3.8) is 0 Å². The molecular weight excluding hydrogens is 370 g/mol. The summed E-state index contributed by atoms with van der Waals surface area (Å²) < 4.78 is 2.16. The molecule has 3 aromatic rings. The van der Waals surface area contributed by atoms with Crippen molar-refractivity contribution < 1.29 is 4.79 Å². The molecule has 6 nitrogen and oxygen atoms in total. The Labute approximate surface area is 168 Å². The van der Waals surface area contributed by atoms with Crippen LogP contribution in [-0.2, 0) is 6.54 Å². The summed E-state index contributed by atoms with van der Waals surface area (Å²) in [5.74, 6) is 2.20. The van der Waals surface area contributed by atoms with E-state index in [4.69, 9.17) is 0 Å². The topological polar surface area (TPSA) is 63.1 Å². The molecule has 2 fully saturated rings. The van der Waals surface area contributed by atoms with Crippen LogP contribution in [0.1, 0.15) is 34.9 Å². The van der Waals surface area contributed by atoms with E-state index in [0.717, 1.165) is 36.4 Å². The van der Waals surface area contributed by atoms with Gasteiger partial charge in [0, 0.05) is 49.1 Å². The number of hydrogen-bond donors (Lipinski definition) is 1. The molecule has 0 atom stereocenters. The first-order valence-corrected chi connectivity index (χ1v) is 11.0. The van der Waals surface area contributed by atoms with Gasteiger partial charge in [-0.15, -0.1) is 0 Å². The van der Waals surface area contributed by atoms with Crippen LogP contribution in [0.15, 0.2) is 42.9 Å². The zero-order chi connectivity index (χ0) is 18.9. The van der Waals surface area contributed by atoms with Crippen LogP contribution in [0, 0.1) is 0 Å². The van der Waals surface area contributed by atoms with Crippen LogP contribution < -0.4 is 5.32 Å². The van der Waals surface area contributed by atoms with E-state index in [2.05, 4.69) is 36.9 Å². The van der Waals surface area contributed by atoms with Gasteiger partial charge in [0.25, 0.3) is 5.91 Å². The van der Waals surface area contributed by atoms with Crippen molar-refractivity contribution in [2.24, 2.45) is 0 Å². The van der Waals surface area contributed by atoms with Crippen LogP contribution in [-0.4, -0.2) is 49.9 Å². The summed E-state index contributed by atoms with van der Waals surface area (Å²) in [4.78, 5) is 24.0. The summed E-state index contributed by atoms with van der Waals surface area (Å²) in [6, 6.07) is 10.6. The Morgan fingerprint density at radius 1 is 1.18 bits per heavy atom. The van der Waals surface area contributed by atoms with Crippen LogP contribution in [0.3, 0.4) is 0 Å². The highest BCUT2D eigenvalue weighted by atomic mass is 32.2. The Bertz CT molecular complexity index is 1010. The Balaban J connectivity index is 1.34. The maximum atomic E-state index is 12.9. The van der Waals surface area contributed by atoms with Crippen LogP contribution in [0.4, 0.5) is 5.69 Å². The average Bonchev–Trinajstić information content (AvgIpc) is 3.47. The van der Waals surface area contributed by atoms with E-state index in [-0.39, 0.29) is 5.91 Å². The third kappa shape index (κ3) is 3.64. The number of fused-ring (bicyclic) bond motifs is 1. The molecule has 2 aromatic heterocycles. The molecule has 1 aliphatic heterocycles. The first-order valence-electron chi connectivity index (χ1n) is 9.80. The Kier molecular flexibility index (Phi) is 4.78. The quantitative estimate of drug-likeness (QED) is 0.718. The minimum atomic E-state index is -0.188. The van der Waals surface area contributed by atoms with Gasteiger partial charge in [-0.2, -0.15) is 11.8 Å². The molecule has 2 aliphatic rings. The summed E-state index contributed by atoms with van der Waals surface area (Å²) in [5.41, 5.74) is 3.31. The third-order valence-corrected chi connectivity index (χ3v) is 6.30. The van der Waals surface area contributed by atoms with E-state index in [1.165, 1.54) is 36.2 Å². The largest absolute Gasteiger partial charge is 0.329 e. The molecule has 144 valence electrons. The summed E-state index contributed by atoms with van der Waals surface area (Å²) in [7, 11) is 0. The number of nitrogens with zero attached hydrogens (tertiary/aromatic N) is 4. The zero-order valence-corrected chi connectivity index (χ0v) is 16.5. The highest BCUT2D eigenvalue weighted by molar-refractivity contribution is 7.99. The third-order valence-electron chi connectivity index (χ3n) is 5.36. The highest BCUT2D eigenvalue weighted by Gasteiger charge is 2.26. The van der Waals surface area contributed by atoms with Crippen molar-refractivity contribution in [2.75, 3.05) is 29.9 Å². The van der Waals surface area contributed by atoms with E-state index in [9.17, 15) is 4.79 Å². The van der Waals surface area contributed by atoms with Gasteiger partial charge < -0.3 is 9.88 Å². The van der Waals surface area contributed by atoms with E-state index < -0.39 is 0 Å². The summed E-state index contributed by atoms with van der Waals surface area (Å²) in [6.45, 7) is 3.17. The number of nitrogens with one attached hydrogen (secondary N) is 1. The van der Waals surface area contributed by atoms with E-state index in [1.807, 2.05) is 36.2 Å². The second-order valence-electron chi connectivity index (χ2n) is 7.46. The molecule has 0 unspecified atom stereocenters. The second-order valence-corrected chi connectivity index (χ2v) is 8.68. The summed E-state index contributed by atoms with van der Waals surface area (Å²) >= 11 is 2.01. The van der Waals surface area contributed by atoms with Gasteiger partial charge in [-0.05, 0) is 36.6 Å². The normalized spacial score (nSPS) is 17.7. The smallest absolute Gasteiger partial charge is 0.275 e. The number of aromatic nitrogens is 3. The van der Waals surface area contributed by atoms with Gasteiger partial charge in [0.15, 0.2) is 0 Å². The number of amides is 1. The molecule has 1 saturated carbocycles. The summed E-state index contributed by atoms with van der Waals surface area (Å²) in [6.07, 6.45) is 5.86. The molecule has 0 bridgehead atoms. The molecular formula is C21H23N5OS. The van der Waals surface area contributed by atoms with Crippen molar-refractivity contribution in [2.45, 2.75) is 25.4 Å². The molecule has 0 radical (unpaired) electrons. The van der Waals surface area contributed by atoms with Crippen molar-refractivity contribution >= 4 is 34.4 Å². The maximum absolute atomic E-state index is 12.9. The molecule has 5 rings (SSSR count). The van der Waals surface area contributed by atoms with Gasteiger partial charge in [0.2, 0.25) is 0 Å². The van der Waals surface area contributed by atoms with Crippen LogP contribution in [0.5, 0.6) is 0 Å². The van der Waals surface area contributed by atoms with Crippen molar-refractivity contribution in [3.8, 4) is 0 Å². The molecule has 7 heteroatoms. The van der Waals surface area contributed by atoms with E-state index >= 15 is 0 Å². The molecule has 1 N–H and O–H groups in total. The Morgan fingerprint density at radius 3 is 2.86 bits per heavy atom. The standard InChI is InChI=1S/C21H23N5OS/c27-21(19-18-6-7-26(17-4-5-17)20(18)23-14-22-19)24-16-3-1-2-15(12-16)13-25-8-10-28-11-9-25/h1-3,6-7,12,14,17H,4-5,8-11,13H2,(H,24,27). The number of carbonyl (C=O) groups is 1. The lowest BCUT2D eigenvalue weighted by Crippen LogP contribution is -2.31. The second kappa shape index (κ2) is 7.56. The molecule has 28 heavy (non-hydrogen) atoms. The lowest BCUT2D eigenvalue weighted by molar-refractivity contribution is 0.102. The highest BCUT2D eigenvalue weighted by Crippen LogP contribution is 2.37. The number of rotatable bonds is 5. The number of hydrogen-bond acceptors (Lipinski definition) is 5. The molecule has 3 heterocycles. The van der Waals surface area contributed by atoms with Gasteiger partial charge in [0.05, 0.1) is 5.39 Å². The van der Waals surface area contributed by atoms with Gasteiger partial charge in [-0.3, -0.25) is 9.69 Å². The molecule has 1 aliphatic carbocycles. The van der Waals surface area contributed by atoms with Crippen LogP contribution >= 0.6 is 11.8 Å². The number of anilines is 1. The fraction of sp³-hybridized carbons (Fsp3) is 0.381. The van der Waals surface area contributed by atoms with Crippen LogP contribution in [0.2, 0.25) is 0 Å². The van der Waals surface area contributed by atoms with Gasteiger partial charge in [0.1, 0.15) is 17.7 Å². The van der Waals surface area contributed by atoms with Crippen molar-refractivity contribution in [3.05, 3.63) is 54.1 Å². The summed E-state index contributed by atoms with van der Waals surface area (Å²) in [5, 5.41) is 3.83. The minimum absolute atomic E-state index is 0.188. The molecule has 0 spiro atoms. The van der Waals surface area contributed by atoms with Gasteiger partial charge in [-0.1, -0.05) is 12.1 Å². The predicted molar refractivity (Wildman–Crippen MR) is 113 cm³/mol. The fourth-order valence-corrected chi connectivity index (χ4v) is 4.73. The molecule has 1 saturated heterocycles. The van der Waals surface area contributed by atoms with E-state index in [1.54, 1.807) is 0 Å². The van der Waals surface area contributed by atoms with Crippen LogP contribution in [0.25, 0.3) is 11.0 Å². The van der Waals surface area contributed by atoms with E-state index in [0.29, 0.717) is 11.7 Å². The van der Waals surface area contributed by atoms with Crippen molar-refractivity contribution in [1.29, 1.82) is 0 Å².